The molecule has 0 aliphatic carbocycles. The largest absolute Gasteiger partial charge is 0.288 e. The minimum atomic E-state index is -0.139. The van der Waals surface area contributed by atoms with Gasteiger partial charge in [0.2, 0.25) is 0 Å². The van der Waals surface area contributed by atoms with E-state index in [9.17, 15) is 4.79 Å². The van der Waals surface area contributed by atoms with Gasteiger partial charge in [-0.15, -0.1) is 12.6 Å². The van der Waals surface area contributed by atoms with Crippen molar-refractivity contribution < 1.29 is 4.79 Å². The zero-order valence-corrected chi connectivity index (χ0v) is 4.25. The van der Waals surface area contributed by atoms with Crippen LogP contribution in [0.4, 0.5) is 0 Å². The van der Waals surface area contributed by atoms with E-state index in [0.717, 1.165) is 0 Å². The fourth-order valence-electron chi connectivity index (χ4n) is 0. The standard InChI is InChI=1S/C2H4OS.Li/c1-2(3)4;/h1H3,(H,3,4);. The van der Waals surface area contributed by atoms with E-state index in [0.29, 0.717) is 0 Å². The predicted octanol–water partition coefficient (Wildman–Crippen LogP) is 0.0819. The fourth-order valence-corrected chi connectivity index (χ4v) is 0. The summed E-state index contributed by atoms with van der Waals surface area (Å²) in [5.41, 5.74) is 0. The molecule has 0 unspecified atom stereocenters. The Balaban J connectivity index is 0. The molecule has 0 spiro atoms. The van der Waals surface area contributed by atoms with Gasteiger partial charge in [0.25, 0.3) is 0 Å². The van der Waals surface area contributed by atoms with Crippen molar-refractivity contribution in [2.75, 3.05) is 0 Å². The molecule has 0 aliphatic rings. The van der Waals surface area contributed by atoms with E-state index in [2.05, 4.69) is 12.6 Å². The average molecular weight is 83.1 g/mol. The van der Waals surface area contributed by atoms with E-state index in [1.54, 1.807) is 0 Å². The smallest absolute Gasteiger partial charge is 0.182 e. The van der Waals surface area contributed by atoms with Gasteiger partial charge in [-0.2, -0.15) is 0 Å². The van der Waals surface area contributed by atoms with Gasteiger partial charge in [0.05, 0.1) is 0 Å². The molecule has 1 radical (unpaired) electrons. The molecule has 0 atom stereocenters. The Morgan fingerprint density at radius 1 is 1.80 bits per heavy atom. The Labute approximate surface area is 48.7 Å². The predicted molar refractivity (Wildman–Crippen MR) is 25.4 cm³/mol. The van der Waals surface area contributed by atoms with Gasteiger partial charge in [-0.25, -0.2) is 0 Å². The van der Waals surface area contributed by atoms with Crippen LogP contribution in [0.15, 0.2) is 0 Å². The second kappa shape index (κ2) is 4.62. The van der Waals surface area contributed by atoms with Gasteiger partial charge in [0, 0.05) is 25.8 Å². The van der Waals surface area contributed by atoms with E-state index in [-0.39, 0.29) is 24.0 Å². The van der Waals surface area contributed by atoms with Crippen LogP contribution in [0.2, 0.25) is 0 Å². The second-order valence-electron chi connectivity index (χ2n) is 0.519. The molecular weight excluding hydrogens is 79.0 g/mol. The molecule has 0 aromatic carbocycles. The van der Waals surface area contributed by atoms with Gasteiger partial charge in [-0.1, -0.05) is 0 Å². The van der Waals surface area contributed by atoms with Gasteiger partial charge >= 0.3 is 0 Å². The molecule has 1 nitrogen and oxygen atoms in total. The molecular formula is C2H4LiOS. The Hall–Kier alpha value is 0.617. The fraction of sp³-hybridized carbons (Fsp3) is 0.500. The summed E-state index contributed by atoms with van der Waals surface area (Å²) in [6.45, 7) is 1.39. The molecule has 25 valence electrons. The van der Waals surface area contributed by atoms with Crippen molar-refractivity contribution in [1.82, 2.24) is 0 Å². The summed E-state index contributed by atoms with van der Waals surface area (Å²) in [6, 6.07) is 0. The van der Waals surface area contributed by atoms with Crippen LogP contribution in [0.3, 0.4) is 0 Å². The first-order chi connectivity index (χ1) is 1.73. The van der Waals surface area contributed by atoms with Crippen molar-refractivity contribution in [3.8, 4) is 0 Å². The van der Waals surface area contributed by atoms with Gasteiger partial charge in [-0.05, 0) is 0 Å². The van der Waals surface area contributed by atoms with Crippen LogP contribution in [0.5, 0.6) is 0 Å². The van der Waals surface area contributed by atoms with Crippen LogP contribution in [0.25, 0.3) is 0 Å². The molecule has 0 saturated carbocycles. The Kier molecular flexibility index (Phi) is 8.45. The summed E-state index contributed by atoms with van der Waals surface area (Å²) in [5.74, 6) is 0. The normalized spacial score (nSPS) is 5.20. The molecule has 0 saturated heterocycles. The summed E-state index contributed by atoms with van der Waals surface area (Å²) in [4.78, 5) is 9.31. The van der Waals surface area contributed by atoms with Gasteiger partial charge < -0.3 is 0 Å². The van der Waals surface area contributed by atoms with E-state index in [1.807, 2.05) is 0 Å². The minimum Gasteiger partial charge on any atom is -0.288 e. The molecule has 5 heavy (non-hydrogen) atoms. The monoisotopic (exact) mass is 83.0 g/mol. The minimum absolute atomic E-state index is 0. The van der Waals surface area contributed by atoms with Crippen LogP contribution < -0.4 is 0 Å². The first-order valence-electron chi connectivity index (χ1n) is 0.928. The number of hydrogen-bond acceptors (Lipinski definition) is 1. The van der Waals surface area contributed by atoms with Crippen molar-refractivity contribution in [2.45, 2.75) is 6.92 Å². The maximum Gasteiger partial charge on any atom is 0.182 e. The molecule has 0 bridgehead atoms. The van der Waals surface area contributed by atoms with Crippen molar-refractivity contribution >= 4 is 36.6 Å². The van der Waals surface area contributed by atoms with Gasteiger partial charge in [-0.3, -0.25) is 4.79 Å². The zero-order valence-electron chi connectivity index (χ0n) is 3.36. The van der Waals surface area contributed by atoms with Crippen molar-refractivity contribution in [3.63, 3.8) is 0 Å². The summed E-state index contributed by atoms with van der Waals surface area (Å²) in [5, 5.41) is -0.139. The number of carbonyl (C=O) groups excluding carboxylic acids is 1. The average Bonchev–Trinajstić information content (AvgIpc) is 0.811. The van der Waals surface area contributed by atoms with E-state index in [1.165, 1.54) is 6.92 Å². The van der Waals surface area contributed by atoms with Crippen LogP contribution in [-0.2, 0) is 4.79 Å². The van der Waals surface area contributed by atoms with Crippen molar-refractivity contribution in [2.24, 2.45) is 0 Å². The molecule has 0 N–H and O–H groups in total. The van der Waals surface area contributed by atoms with Crippen LogP contribution in [0, 0.1) is 0 Å². The molecule has 0 rings (SSSR count). The molecule has 0 fully saturated rings. The Bertz CT molecular complexity index is 32.6. The summed E-state index contributed by atoms with van der Waals surface area (Å²) in [6.07, 6.45) is 0. The summed E-state index contributed by atoms with van der Waals surface area (Å²) < 4.78 is 0. The van der Waals surface area contributed by atoms with E-state index < -0.39 is 0 Å². The third kappa shape index (κ3) is 83.0. The molecule has 0 amide bonds. The molecule has 3 heteroatoms. The zero-order chi connectivity index (χ0) is 3.58. The Morgan fingerprint density at radius 3 is 1.80 bits per heavy atom. The number of hydrogen-bond donors (Lipinski definition) is 1. The van der Waals surface area contributed by atoms with E-state index >= 15 is 0 Å². The molecule has 0 aromatic heterocycles. The third-order valence-electron chi connectivity index (χ3n) is 0. The second-order valence-corrected chi connectivity index (χ2v) is 1.15. The van der Waals surface area contributed by atoms with Gasteiger partial charge in [0.1, 0.15) is 0 Å². The molecule has 0 aromatic rings. The van der Waals surface area contributed by atoms with E-state index in [4.69, 9.17) is 0 Å². The maximum absolute atomic E-state index is 9.31. The first kappa shape index (κ1) is 9.15. The Morgan fingerprint density at radius 2 is 1.80 bits per heavy atom. The van der Waals surface area contributed by atoms with Crippen LogP contribution >= 0.6 is 12.6 Å². The number of thiol groups is 1. The molecule has 0 aliphatic heterocycles. The summed E-state index contributed by atoms with van der Waals surface area (Å²) >= 11 is 3.33. The summed E-state index contributed by atoms with van der Waals surface area (Å²) in [7, 11) is 0. The van der Waals surface area contributed by atoms with Crippen molar-refractivity contribution in [1.29, 1.82) is 0 Å². The first-order valence-corrected chi connectivity index (χ1v) is 1.37. The topological polar surface area (TPSA) is 17.1 Å². The van der Waals surface area contributed by atoms with Crippen LogP contribution in [0.1, 0.15) is 6.92 Å². The third-order valence-corrected chi connectivity index (χ3v) is 0. The number of rotatable bonds is 0. The quantitative estimate of drug-likeness (QED) is 0.324. The molecule has 0 heterocycles. The SMILES string of the molecule is CC(=O)S.[Li]. The van der Waals surface area contributed by atoms with Gasteiger partial charge in [0.15, 0.2) is 5.12 Å². The number of carbonyl (C=O) groups is 1. The van der Waals surface area contributed by atoms with Crippen molar-refractivity contribution in [3.05, 3.63) is 0 Å². The van der Waals surface area contributed by atoms with Crippen LogP contribution in [-0.4, -0.2) is 24.0 Å². The maximum atomic E-state index is 9.31.